The van der Waals surface area contributed by atoms with Crippen LogP contribution in [0.2, 0.25) is 0 Å². The van der Waals surface area contributed by atoms with Crippen LogP contribution in [0.1, 0.15) is 11.3 Å². The molecule has 0 atom stereocenters. The number of nitrogens with two attached hydrogens (primary N) is 1. The van der Waals surface area contributed by atoms with Crippen molar-refractivity contribution in [3.05, 3.63) is 47.8 Å². The maximum atomic E-state index is 5.49. The van der Waals surface area contributed by atoms with Gasteiger partial charge in [0.2, 0.25) is 0 Å². The zero-order valence-corrected chi connectivity index (χ0v) is 8.14. The molecule has 2 aromatic rings. The van der Waals surface area contributed by atoms with Gasteiger partial charge in [0, 0.05) is 12.7 Å². The minimum absolute atomic E-state index is 0.485. The Morgan fingerprint density at radius 2 is 1.93 bits per heavy atom. The first-order chi connectivity index (χ1) is 6.79. The monoisotopic (exact) mass is 187 g/mol. The Morgan fingerprint density at radius 1 is 1.21 bits per heavy atom. The number of rotatable bonds is 2. The summed E-state index contributed by atoms with van der Waals surface area (Å²) in [5, 5.41) is 4.32. The molecular formula is C11H13N3. The highest BCUT2D eigenvalue weighted by molar-refractivity contribution is 5.33. The Labute approximate surface area is 83.2 Å². The van der Waals surface area contributed by atoms with E-state index in [0.29, 0.717) is 6.54 Å². The summed E-state index contributed by atoms with van der Waals surface area (Å²) < 4.78 is 1.83. The maximum Gasteiger partial charge on any atom is 0.0764 e. The van der Waals surface area contributed by atoms with E-state index >= 15 is 0 Å². The zero-order chi connectivity index (χ0) is 9.97. The van der Waals surface area contributed by atoms with E-state index in [0.717, 1.165) is 11.4 Å². The molecule has 0 aliphatic carbocycles. The minimum atomic E-state index is 0.485. The van der Waals surface area contributed by atoms with Gasteiger partial charge in [-0.1, -0.05) is 17.7 Å². The van der Waals surface area contributed by atoms with Crippen LogP contribution in [0.3, 0.4) is 0 Å². The number of nitrogens with zero attached hydrogens (tertiary/aromatic N) is 2. The third-order valence-corrected chi connectivity index (χ3v) is 2.15. The number of aromatic nitrogens is 2. The highest BCUT2D eigenvalue weighted by Gasteiger charge is 1.98. The van der Waals surface area contributed by atoms with E-state index in [1.165, 1.54) is 5.56 Å². The zero-order valence-electron chi connectivity index (χ0n) is 8.14. The first-order valence-electron chi connectivity index (χ1n) is 4.61. The van der Waals surface area contributed by atoms with Crippen LogP contribution in [-0.2, 0) is 6.54 Å². The van der Waals surface area contributed by atoms with Crippen LogP contribution >= 0.6 is 0 Å². The second kappa shape index (κ2) is 3.64. The molecule has 0 bridgehead atoms. The average Bonchev–Trinajstić information content (AvgIpc) is 2.67. The van der Waals surface area contributed by atoms with E-state index in [1.807, 2.05) is 29.1 Å². The second-order valence-corrected chi connectivity index (χ2v) is 3.29. The molecule has 1 heterocycles. The first-order valence-corrected chi connectivity index (χ1v) is 4.61. The van der Waals surface area contributed by atoms with E-state index in [4.69, 9.17) is 5.73 Å². The molecule has 72 valence electrons. The normalized spacial score (nSPS) is 10.4. The Morgan fingerprint density at radius 3 is 2.50 bits per heavy atom. The van der Waals surface area contributed by atoms with Crippen molar-refractivity contribution in [1.29, 1.82) is 0 Å². The van der Waals surface area contributed by atoms with Crippen LogP contribution in [-0.4, -0.2) is 9.78 Å². The van der Waals surface area contributed by atoms with Gasteiger partial charge in [0.05, 0.1) is 11.4 Å². The van der Waals surface area contributed by atoms with Crippen molar-refractivity contribution in [3.63, 3.8) is 0 Å². The molecule has 3 nitrogen and oxygen atoms in total. The molecule has 0 aliphatic heterocycles. The van der Waals surface area contributed by atoms with E-state index in [9.17, 15) is 0 Å². The summed E-state index contributed by atoms with van der Waals surface area (Å²) in [5.74, 6) is 0. The maximum absolute atomic E-state index is 5.49. The van der Waals surface area contributed by atoms with Crippen LogP contribution in [0, 0.1) is 6.92 Å². The van der Waals surface area contributed by atoms with Crippen molar-refractivity contribution in [3.8, 4) is 5.69 Å². The summed E-state index contributed by atoms with van der Waals surface area (Å²) in [5.41, 5.74) is 8.71. The summed E-state index contributed by atoms with van der Waals surface area (Å²) in [7, 11) is 0. The van der Waals surface area contributed by atoms with Crippen molar-refractivity contribution in [2.75, 3.05) is 0 Å². The average molecular weight is 187 g/mol. The fourth-order valence-corrected chi connectivity index (χ4v) is 1.31. The van der Waals surface area contributed by atoms with Gasteiger partial charge < -0.3 is 5.73 Å². The molecule has 0 spiro atoms. The Kier molecular flexibility index (Phi) is 2.33. The van der Waals surface area contributed by atoms with Crippen LogP contribution in [0.15, 0.2) is 36.5 Å². The molecule has 0 unspecified atom stereocenters. The number of hydrogen-bond donors (Lipinski definition) is 1. The van der Waals surface area contributed by atoms with E-state index in [2.05, 4.69) is 24.2 Å². The van der Waals surface area contributed by atoms with Gasteiger partial charge in [0.25, 0.3) is 0 Å². The van der Waals surface area contributed by atoms with Gasteiger partial charge in [-0.25, -0.2) is 4.68 Å². The van der Waals surface area contributed by atoms with Gasteiger partial charge in [0.15, 0.2) is 0 Å². The number of aryl methyl sites for hydroxylation is 1. The molecule has 14 heavy (non-hydrogen) atoms. The standard InChI is InChI=1S/C11H13N3/c1-9-2-4-11(5-3-9)14-7-6-10(8-12)13-14/h2-7H,8,12H2,1H3. The SMILES string of the molecule is Cc1ccc(-n2ccc(CN)n2)cc1. The molecule has 0 fully saturated rings. The predicted molar refractivity (Wildman–Crippen MR) is 56.2 cm³/mol. The fourth-order valence-electron chi connectivity index (χ4n) is 1.31. The largest absolute Gasteiger partial charge is 0.325 e. The molecule has 0 aliphatic rings. The smallest absolute Gasteiger partial charge is 0.0764 e. The van der Waals surface area contributed by atoms with Gasteiger partial charge in [-0.05, 0) is 25.1 Å². The van der Waals surface area contributed by atoms with Crippen molar-refractivity contribution >= 4 is 0 Å². The quantitative estimate of drug-likeness (QED) is 0.776. The number of benzene rings is 1. The molecule has 0 radical (unpaired) electrons. The van der Waals surface area contributed by atoms with Crippen LogP contribution in [0.5, 0.6) is 0 Å². The van der Waals surface area contributed by atoms with E-state index in [1.54, 1.807) is 0 Å². The lowest BCUT2D eigenvalue weighted by Gasteiger charge is -2.00. The summed E-state index contributed by atoms with van der Waals surface area (Å²) >= 11 is 0. The van der Waals surface area contributed by atoms with Gasteiger partial charge in [0.1, 0.15) is 0 Å². The van der Waals surface area contributed by atoms with Crippen LogP contribution < -0.4 is 5.73 Å². The van der Waals surface area contributed by atoms with Crippen molar-refractivity contribution < 1.29 is 0 Å². The third kappa shape index (κ3) is 1.67. The minimum Gasteiger partial charge on any atom is -0.325 e. The van der Waals surface area contributed by atoms with Crippen LogP contribution in [0.25, 0.3) is 5.69 Å². The molecule has 0 saturated carbocycles. The molecule has 3 heteroatoms. The van der Waals surface area contributed by atoms with E-state index < -0.39 is 0 Å². The van der Waals surface area contributed by atoms with E-state index in [-0.39, 0.29) is 0 Å². The highest BCUT2D eigenvalue weighted by Crippen LogP contribution is 2.08. The molecule has 2 N–H and O–H groups in total. The lowest BCUT2D eigenvalue weighted by molar-refractivity contribution is 0.833. The summed E-state index contributed by atoms with van der Waals surface area (Å²) in [6.45, 7) is 2.55. The summed E-state index contributed by atoms with van der Waals surface area (Å²) in [6, 6.07) is 10.2. The molecule has 0 amide bonds. The molecule has 1 aromatic heterocycles. The lowest BCUT2D eigenvalue weighted by Crippen LogP contribution is -2.00. The van der Waals surface area contributed by atoms with Crippen molar-refractivity contribution in [1.82, 2.24) is 9.78 Å². The lowest BCUT2D eigenvalue weighted by atomic mass is 10.2. The summed E-state index contributed by atoms with van der Waals surface area (Å²) in [6.07, 6.45) is 1.92. The topological polar surface area (TPSA) is 43.8 Å². The predicted octanol–water partition coefficient (Wildman–Crippen LogP) is 1.64. The van der Waals surface area contributed by atoms with Gasteiger partial charge in [-0.2, -0.15) is 5.10 Å². The number of hydrogen-bond acceptors (Lipinski definition) is 2. The summed E-state index contributed by atoms with van der Waals surface area (Å²) in [4.78, 5) is 0. The third-order valence-electron chi connectivity index (χ3n) is 2.15. The fraction of sp³-hybridized carbons (Fsp3) is 0.182. The second-order valence-electron chi connectivity index (χ2n) is 3.29. The first kappa shape index (κ1) is 8.97. The van der Waals surface area contributed by atoms with Gasteiger partial charge in [-0.3, -0.25) is 0 Å². The Bertz CT molecular complexity index is 414. The van der Waals surface area contributed by atoms with Crippen LogP contribution in [0.4, 0.5) is 0 Å². The Balaban J connectivity index is 2.34. The highest BCUT2D eigenvalue weighted by atomic mass is 15.3. The van der Waals surface area contributed by atoms with Crippen molar-refractivity contribution in [2.45, 2.75) is 13.5 Å². The molecule has 1 aromatic carbocycles. The molecule has 0 saturated heterocycles. The van der Waals surface area contributed by atoms with Gasteiger partial charge >= 0.3 is 0 Å². The molecular weight excluding hydrogens is 174 g/mol. The van der Waals surface area contributed by atoms with Gasteiger partial charge in [-0.15, -0.1) is 0 Å². The Hall–Kier alpha value is -1.61. The van der Waals surface area contributed by atoms with Crippen molar-refractivity contribution in [2.24, 2.45) is 5.73 Å². The molecule has 2 rings (SSSR count).